The number of carbonyl (C=O) groups excluding carboxylic acids is 1. The largest absolute Gasteiger partial charge is 0.507 e. The summed E-state index contributed by atoms with van der Waals surface area (Å²) in [6.45, 7) is 1.70. The van der Waals surface area contributed by atoms with Gasteiger partial charge in [-0.25, -0.2) is 4.79 Å². The van der Waals surface area contributed by atoms with Crippen LogP contribution < -0.4 is 5.56 Å². The maximum absolute atomic E-state index is 12.2. The molecule has 0 saturated heterocycles. The molecule has 1 heterocycles. The molecule has 0 radical (unpaired) electrons. The molecule has 21 heavy (non-hydrogen) atoms. The lowest BCUT2D eigenvalue weighted by atomic mass is 9.96. The standard InChI is InChI=1S/C16H13NO4/c1-8-7-11(18)14-13(12(8)16(20)21-2)9-5-3-4-6-10(9)17-15(14)19/h3-7,18H,1-2H3,(H,17,19). The number of nitrogens with one attached hydrogen (secondary N) is 1. The highest BCUT2D eigenvalue weighted by molar-refractivity contribution is 6.17. The first-order chi connectivity index (χ1) is 10.0. The van der Waals surface area contributed by atoms with Crippen molar-refractivity contribution < 1.29 is 14.6 Å². The van der Waals surface area contributed by atoms with Crippen molar-refractivity contribution in [3.05, 3.63) is 51.8 Å². The lowest BCUT2D eigenvalue weighted by Crippen LogP contribution is -2.12. The number of methoxy groups -OCH3 is 1. The first kappa shape index (κ1) is 13.2. The molecule has 0 bridgehead atoms. The van der Waals surface area contributed by atoms with E-state index in [4.69, 9.17) is 4.74 Å². The van der Waals surface area contributed by atoms with E-state index in [0.29, 0.717) is 27.4 Å². The summed E-state index contributed by atoms with van der Waals surface area (Å²) in [4.78, 5) is 27.0. The highest BCUT2D eigenvalue weighted by atomic mass is 16.5. The maximum atomic E-state index is 12.2. The molecule has 0 unspecified atom stereocenters. The summed E-state index contributed by atoms with van der Waals surface area (Å²) in [5.74, 6) is -0.685. The minimum absolute atomic E-state index is 0.0969. The van der Waals surface area contributed by atoms with Crippen LogP contribution in [-0.4, -0.2) is 23.2 Å². The molecule has 2 aromatic carbocycles. The zero-order valence-corrected chi connectivity index (χ0v) is 11.6. The van der Waals surface area contributed by atoms with Crippen LogP contribution in [0.25, 0.3) is 21.7 Å². The van der Waals surface area contributed by atoms with Gasteiger partial charge in [0.2, 0.25) is 0 Å². The Kier molecular flexibility index (Phi) is 2.90. The number of hydrogen-bond acceptors (Lipinski definition) is 4. The molecule has 0 aliphatic carbocycles. The third kappa shape index (κ3) is 1.86. The Morgan fingerprint density at radius 2 is 1.95 bits per heavy atom. The second kappa shape index (κ2) is 4.63. The van der Waals surface area contributed by atoms with E-state index in [-0.39, 0.29) is 11.1 Å². The lowest BCUT2D eigenvalue weighted by molar-refractivity contribution is 0.0602. The minimum Gasteiger partial charge on any atom is -0.507 e. The number of aromatic hydroxyl groups is 1. The molecule has 0 amide bonds. The number of ether oxygens (including phenoxy) is 1. The molecule has 3 rings (SSSR count). The van der Waals surface area contributed by atoms with Crippen molar-refractivity contribution in [2.24, 2.45) is 0 Å². The van der Waals surface area contributed by atoms with E-state index in [1.165, 1.54) is 13.2 Å². The van der Waals surface area contributed by atoms with Crippen molar-refractivity contribution in [2.75, 3.05) is 7.11 Å². The highest BCUT2D eigenvalue weighted by Crippen LogP contribution is 2.33. The van der Waals surface area contributed by atoms with E-state index in [2.05, 4.69) is 4.98 Å². The third-order valence-corrected chi connectivity index (χ3v) is 3.56. The van der Waals surface area contributed by atoms with Crippen LogP contribution in [0.4, 0.5) is 0 Å². The highest BCUT2D eigenvalue weighted by Gasteiger charge is 2.20. The van der Waals surface area contributed by atoms with Crippen molar-refractivity contribution in [1.82, 2.24) is 4.98 Å². The molecule has 2 N–H and O–H groups in total. The van der Waals surface area contributed by atoms with Gasteiger partial charge in [0, 0.05) is 16.3 Å². The van der Waals surface area contributed by atoms with Crippen LogP contribution >= 0.6 is 0 Å². The Morgan fingerprint density at radius 1 is 1.24 bits per heavy atom. The number of benzene rings is 2. The predicted molar refractivity (Wildman–Crippen MR) is 79.8 cm³/mol. The molecule has 0 aliphatic rings. The molecule has 1 aromatic heterocycles. The molecular formula is C16H13NO4. The molecule has 0 spiro atoms. The molecule has 0 saturated carbocycles. The van der Waals surface area contributed by atoms with Gasteiger partial charge in [-0.2, -0.15) is 0 Å². The summed E-state index contributed by atoms with van der Waals surface area (Å²) < 4.78 is 4.82. The number of H-pyrrole nitrogens is 1. The molecule has 0 fully saturated rings. The summed E-state index contributed by atoms with van der Waals surface area (Å²) in [6, 6.07) is 8.53. The van der Waals surface area contributed by atoms with Gasteiger partial charge in [0.25, 0.3) is 5.56 Å². The molecule has 0 aliphatic heterocycles. The van der Waals surface area contributed by atoms with Gasteiger partial charge in [-0.1, -0.05) is 18.2 Å². The Hall–Kier alpha value is -2.82. The van der Waals surface area contributed by atoms with E-state index in [0.717, 1.165) is 0 Å². The fraction of sp³-hybridized carbons (Fsp3) is 0.125. The van der Waals surface area contributed by atoms with Crippen LogP contribution in [0, 0.1) is 6.92 Å². The molecule has 0 atom stereocenters. The number of aromatic nitrogens is 1. The number of phenols is 1. The van der Waals surface area contributed by atoms with Crippen molar-refractivity contribution >= 4 is 27.6 Å². The number of aryl methyl sites for hydroxylation is 1. The SMILES string of the molecule is COC(=O)c1c(C)cc(O)c2c(=O)[nH]c3ccccc3c12. The van der Waals surface area contributed by atoms with Gasteiger partial charge in [-0.15, -0.1) is 0 Å². The first-order valence-corrected chi connectivity index (χ1v) is 6.40. The number of hydrogen-bond donors (Lipinski definition) is 2. The van der Waals surface area contributed by atoms with Crippen LogP contribution in [0.15, 0.2) is 35.1 Å². The average Bonchev–Trinajstić information content (AvgIpc) is 2.46. The van der Waals surface area contributed by atoms with Crippen LogP contribution in [0.2, 0.25) is 0 Å². The Bertz CT molecular complexity index is 940. The fourth-order valence-corrected chi connectivity index (χ4v) is 2.66. The van der Waals surface area contributed by atoms with Gasteiger partial charge in [0.15, 0.2) is 0 Å². The smallest absolute Gasteiger partial charge is 0.338 e. The number of pyridine rings is 1. The molecular weight excluding hydrogens is 270 g/mol. The summed E-state index contributed by atoms with van der Waals surface area (Å²) in [5.41, 5.74) is 1.02. The Balaban J connectivity index is 2.69. The number of esters is 1. The number of fused-ring (bicyclic) bond motifs is 3. The lowest BCUT2D eigenvalue weighted by Gasteiger charge is -2.12. The number of para-hydroxylation sites is 1. The Morgan fingerprint density at radius 3 is 2.67 bits per heavy atom. The summed E-state index contributed by atoms with van der Waals surface area (Å²) in [7, 11) is 1.29. The van der Waals surface area contributed by atoms with Crippen LogP contribution in [0.3, 0.4) is 0 Å². The summed E-state index contributed by atoms with van der Waals surface area (Å²) in [6.07, 6.45) is 0. The quantitative estimate of drug-likeness (QED) is 0.531. The minimum atomic E-state index is -0.534. The van der Waals surface area contributed by atoms with Gasteiger partial charge in [-0.3, -0.25) is 4.79 Å². The zero-order chi connectivity index (χ0) is 15.1. The van der Waals surface area contributed by atoms with E-state index in [9.17, 15) is 14.7 Å². The van der Waals surface area contributed by atoms with E-state index >= 15 is 0 Å². The van der Waals surface area contributed by atoms with Crippen LogP contribution in [0.1, 0.15) is 15.9 Å². The van der Waals surface area contributed by atoms with E-state index in [1.54, 1.807) is 31.2 Å². The molecule has 3 aromatic rings. The second-order valence-corrected chi connectivity index (χ2v) is 4.83. The Labute approximate surface area is 119 Å². The third-order valence-electron chi connectivity index (χ3n) is 3.56. The summed E-state index contributed by atoms with van der Waals surface area (Å²) >= 11 is 0. The summed E-state index contributed by atoms with van der Waals surface area (Å²) in [5, 5.41) is 11.3. The van der Waals surface area contributed by atoms with E-state index < -0.39 is 11.5 Å². The first-order valence-electron chi connectivity index (χ1n) is 6.40. The molecule has 106 valence electrons. The van der Waals surface area contributed by atoms with Crippen molar-refractivity contribution in [2.45, 2.75) is 6.92 Å². The molecule has 5 heteroatoms. The number of rotatable bonds is 1. The topological polar surface area (TPSA) is 79.4 Å². The fourth-order valence-electron chi connectivity index (χ4n) is 2.66. The number of carbonyl (C=O) groups is 1. The average molecular weight is 283 g/mol. The monoisotopic (exact) mass is 283 g/mol. The van der Waals surface area contributed by atoms with Crippen molar-refractivity contribution in [1.29, 1.82) is 0 Å². The van der Waals surface area contributed by atoms with Crippen LogP contribution in [0.5, 0.6) is 5.75 Å². The number of aromatic amines is 1. The van der Waals surface area contributed by atoms with Gasteiger partial charge in [-0.05, 0) is 24.6 Å². The normalized spacial score (nSPS) is 11.0. The van der Waals surface area contributed by atoms with Crippen LogP contribution in [-0.2, 0) is 4.74 Å². The second-order valence-electron chi connectivity index (χ2n) is 4.83. The van der Waals surface area contributed by atoms with Gasteiger partial charge < -0.3 is 14.8 Å². The van der Waals surface area contributed by atoms with E-state index in [1.807, 2.05) is 0 Å². The van der Waals surface area contributed by atoms with Gasteiger partial charge >= 0.3 is 5.97 Å². The van der Waals surface area contributed by atoms with Gasteiger partial charge in [0.1, 0.15) is 5.75 Å². The molecule has 5 nitrogen and oxygen atoms in total. The van der Waals surface area contributed by atoms with Crippen molar-refractivity contribution in [3.8, 4) is 5.75 Å². The predicted octanol–water partition coefficient (Wildman–Crippen LogP) is 2.48. The zero-order valence-electron chi connectivity index (χ0n) is 11.6. The maximum Gasteiger partial charge on any atom is 0.338 e. The van der Waals surface area contributed by atoms with Crippen molar-refractivity contribution in [3.63, 3.8) is 0 Å². The van der Waals surface area contributed by atoms with Gasteiger partial charge in [0.05, 0.1) is 18.1 Å². The number of phenolic OH excluding ortho intramolecular Hbond substituents is 1.